The van der Waals surface area contributed by atoms with Crippen LogP contribution in [-0.2, 0) is 0 Å². The lowest BCUT2D eigenvalue weighted by Crippen LogP contribution is -2.23. The number of nitrogens with one attached hydrogen (secondary N) is 3. The number of anilines is 2. The third kappa shape index (κ3) is 7.30. The number of hydrogen-bond acceptors (Lipinski definition) is 4. The average Bonchev–Trinajstić information content (AvgIpc) is 2.76. The number of carbonyl (C=O) groups excluding carboxylic acids is 2. The van der Waals surface area contributed by atoms with Crippen LogP contribution in [0.25, 0.3) is 0 Å². The van der Waals surface area contributed by atoms with Crippen molar-refractivity contribution in [1.82, 2.24) is 4.72 Å². The van der Waals surface area contributed by atoms with Crippen LogP contribution in [0.2, 0.25) is 0 Å². The van der Waals surface area contributed by atoms with Crippen molar-refractivity contribution in [3.05, 3.63) is 88.6 Å². The predicted octanol–water partition coefficient (Wildman–Crippen LogP) is 5.69. The van der Waals surface area contributed by atoms with Crippen LogP contribution in [0.4, 0.5) is 20.6 Å². The molecule has 0 unspecified atom stereocenters. The minimum Gasteiger partial charge on any atom is -0.493 e. The van der Waals surface area contributed by atoms with Crippen molar-refractivity contribution in [2.45, 2.75) is 0 Å². The molecule has 6 nitrogen and oxygen atoms in total. The molecular weight excluding hydrogens is 485 g/mol. The SMILES string of the molecule is O=C(NSCCOc1ccc(Br)cc1)Nc1ccc(NC(=O)c2ccccc2F)cc1. The molecule has 0 saturated carbocycles. The monoisotopic (exact) mass is 503 g/mol. The van der Waals surface area contributed by atoms with E-state index in [-0.39, 0.29) is 11.6 Å². The fourth-order valence-corrected chi connectivity index (χ4v) is 3.20. The van der Waals surface area contributed by atoms with E-state index in [9.17, 15) is 14.0 Å². The van der Waals surface area contributed by atoms with Crippen LogP contribution in [-0.4, -0.2) is 24.3 Å². The summed E-state index contributed by atoms with van der Waals surface area (Å²) in [6.45, 7) is 0.447. The van der Waals surface area contributed by atoms with Crippen LogP contribution < -0.4 is 20.1 Å². The zero-order chi connectivity index (χ0) is 22.1. The van der Waals surface area contributed by atoms with E-state index in [2.05, 4.69) is 31.3 Å². The fourth-order valence-electron chi connectivity index (χ4n) is 2.49. The number of carbonyl (C=O) groups is 2. The lowest BCUT2D eigenvalue weighted by molar-refractivity contribution is 0.102. The lowest BCUT2D eigenvalue weighted by atomic mass is 10.2. The van der Waals surface area contributed by atoms with Gasteiger partial charge >= 0.3 is 6.03 Å². The fraction of sp³-hybridized carbons (Fsp3) is 0.0909. The first-order valence-electron chi connectivity index (χ1n) is 9.24. The Labute approximate surface area is 191 Å². The maximum Gasteiger partial charge on any atom is 0.329 e. The van der Waals surface area contributed by atoms with Crippen molar-refractivity contribution in [3.63, 3.8) is 0 Å². The minimum absolute atomic E-state index is 0.0368. The van der Waals surface area contributed by atoms with Crippen LogP contribution in [0.15, 0.2) is 77.3 Å². The van der Waals surface area contributed by atoms with E-state index < -0.39 is 11.7 Å². The molecule has 0 aromatic heterocycles. The van der Waals surface area contributed by atoms with Crippen LogP contribution in [0.1, 0.15) is 10.4 Å². The molecule has 160 valence electrons. The first kappa shape index (κ1) is 22.6. The van der Waals surface area contributed by atoms with E-state index >= 15 is 0 Å². The van der Waals surface area contributed by atoms with Gasteiger partial charge in [0.05, 0.1) is 12.2 Å². The number of hydrogen-bond donors (Lipinski definition) is 3. The molecule has 3 aromatic rings. The minimum atomic E-state index is -0.588. The van der Waals surface area contributed by atoms with Crippen molar-refractivity contribution in [3.8, 4) is 5.75 Å². The number of halogens is 2. The molecule has 0 radical (unpaired) electrons. The van der Waals surface area contributed by atoms with Crippen LogP contribution in [0.5, 0.6) is 5.75 Å². The van der Waals surface area contributed by atoms with Gasteiger partial charge in [0.1, 0.15) is 11.6 Å². The smallest absolute Gasteiger partial charge is 0.329 e. The molecule has 0 bridgehead atoms. The number of ether oxygens (including phenoxy) is 1. The number of amides is 3. The van der Waals surface area contributed by atoms with Crippen molar-refractivity contribution in [2.75, 3.05) is 23.0 Å². The van der Waals surface area contributed by atoms with Gasteiger partial charge in [-0.15, -0.1) is 0 Å². The Kier molecular flexibility index (Phi) is 8.31. The average molecular weight is 504 g/mol. The molecule has 3 amide bonds. The van der Waals surface area contributed by atoms with Gasteiger partial charge < -0.3 is 15.4 Å². The van der Waals surface area contributed by atoms with Gasteiger partial charge in [0.15, 0.2) is 0 Å². The highest BCUT2D eigenvalue weighted by Gasteiger charge is 2.11. The molecule has 0 spiro atoms. The molecule has 0 aliphatic heterocycles. The Morgan fingerprint density at radius 3 is 2.23 bits per heavy atom. The predicted molar refractivity (Wildman–Crippen MR) is 125 cm³/mol. The maximum atomic E-state index is 13.7. The van der Waals surface area contributed by atoms with E-state index in [1.165, 1.54) is 30.1 Å². The summed E-state index contributed by atoms with van der Waals surface area (Å²) in [5.41, 5.74) is 0.997. The Bertz CT molecular complexity index is 1030. The molecule has 31 heavy (non-hydrogen) atoms. The van der Waals surface area contributed by atoms with Gasteiger partial charge in [-0.3, -0.25) is 9.52 Å². The quantitative estimate of drug-likeness (QED) is 0.272. The summed E-state index contributed by atoms with van der Waals surface area (Å²) < 4.78 is 22.9. The second-order valence-corrected chi connectivity index (χ2v) is 8.04. The molecular formula is C22H19BrFN3O3S. The summed E-state index contributed by atoms with van der Waals surface area (Å²) in [5.74, 6) is 0.202. The van der Waals surface area contributed by atoms with Crippen molar-refractivity contribution >= 4 is 51.2 Å². The highest BCUT2D eigenvalue weighted by molar-refractivity contribution is 9.10. The lowest BCUT2D eigenvalue weighted by Gasteiger charge is -2.09. The summed E-state index contributed by atoms with van der Waals surface area (Å²) in [6, 6.07) is 19.4. The zero-order valence-electron chi connectivity index (χ0n) is 16.2. The largest absolute Gasteiger partial charge is 0.493 e. The first-order valence-corrected chi connectivity index (χ1v) is 11.0. The summed E-state index contributed by atoms with van der Waals surface area (Å²) in [4.78, 5) is 24.1. The highest BCUT2D eigenvalue weighted by atomic mass is 79.9. The molecule has 0 aliphatic rings. The van der Waals surface area contributed by atoms with E-state index in [0.717, 1.165) is 10.2 Å². The third-order valence-electron chi connectivity index (χ3n) is 3.95. The van der Waals surface area contributed by atoms with Gasteiger partial charge in [0, 0.05) is 21.6 Å². The standard InChI is InChI=1S/C22H19BrFN3O3S/c23-15-5-11-18(12-6-15)30-13-14-31-27-22(29)26-17-9-7-16(8-10-17)25-21(28)19-3-1-2-4-20(19)24/h1-12H,13-14H2,(H,25,28)(H2,26,27,29). The van der Waals surface area contributed by atoms with Gasteiger partial charge in [0.2, 0.25) is 0 Å². The van der Waals surface area contributed by atoms with Gasteiger partial charge in [-0.05, 0) is 72.6 Å². The summed E-state index contributed by atoms with van der Waals surface area (Å²) >= 11 is 4.59. The molecule has 0 saturated heterocycles. The molecule has 3 aromatic carbocycles. The van der Waals surface area contributed by atoms with E-state index in [0.29, 0.717) is 23.7 Å². The van der Waals surface area contributed by atoms with Crippen molar-refractivity contribution in [1.29, 1.82) is 0 Å². The van der Waals surface area contributed by atoms with E-state index in [1.54, 1.807) is 30.3 Å². The molecule has 0 aliphatic carbocycles. The van der Waals surface area contributed by atoms with Crippen LogP contribution >= 0.6 is 27.9 Å². The first-order chi connectivity index (χ1) is 15.0. The number of rotatable bonds is 8. The number of urea groups is 1. The van der Waals surface area contributed by atoms with Crippen LogP contribution in [0.3, 0.4) is 0 Å². The van der Waals surface area contributed by atoms with Gasteiger partial charge in [-0.25, -0.2) is 9.18 Å². The molecule has 0 heterocycles. The Hall–Kier alpha value is -3.04. The Morgan fingerprint density at radius 1 is 0.903 bits per heavy atom. The molecule has 0 fully saturated rings. The van der Waals surface area contributed by atoms with Crippen molar-refractivity contribution < 1.29 is 18.7 Å². The third-order valence-corrected chi connectivity index (χ3v) is 5.18. The highest BCUT2D eigenvalue weighted by Crippen LogP contribution is 2.17. The zero-order valence-corrected chi connectivity index (χ0v) is 18.6. The normalized spacial score (nSPS) is 10.3. The van der Waals surface area contributed by atoms with Gasteiger partial charge in [-0.2, -0.15) is 0 Å². The molecule has 3 rings (SSSR count). The van der Waals surface area contributed by atoms with E-state index in [4.69, 9.17) is 4.74 Å². The molecule has 0 atom stereocenters. The number of benzene rings is 3. The second-order valence-electron chi connectivity index (χ2n) is 6.22. The van der Waals surface area contributed by atoms with Crippen molar-refractivity contribution in [2.24, 2.45) is 0 Å². The second kappa shape index (κ2) is 11.4. The summed E-state index contributed by atoms with van der Waals surface area (Å²) in [5, 5.41) is 5.31. The summed E-state index contributed by atoms with van der Waals surface area (Å²) in [7, 11) is 0. The van der Waals surface area contributed by atoms with E-state index in [1.807, 2.05) is 24.3 Å². The van der Waals surface area contributed by atoms with Gasteiger partial charge in [-0.1, -0.05) is 28.1 Å². The Morgan fingerprint density at radius 2 is 1.55 bits per heavy atom. The molecule has 3 N–H and O–H groups in total. The Balaban J connectivity index is 1.38. The maximum absolute atomic E-state index is 13.7. The van der Waals surface area contributed by atoms with Gasteiger partial charge in [0.25, 0.3) is 5.91 Å². The van der Waals surface area contributed by atoms with Crippen LogP contribution in [0, 0.1) is 5.82 Å². The molecule has 9 heteroatoms. The topological polar surface area (TPSA) is 79.5 Å². The summed E-state index contributed by atoms with van der Waals surface area (Å²) in [6.07, 6.45) is 0.